The second-order valence-electron chi connectivity index (χ2n) is 5.07. The van der Waals surface area contributed by atoms with E-state index in [2.05, 4.69) is 27.5 Å². The number of nitrogens with zero attached hydrogens (tertiary/aromatic N) is 2. The van der Waals surface area contributed by atoms with Crippen molar-refractivity contribution in [2.24, 2.45) is 5.41 Å². The zero-order chi connectivity index (χ0) is 11.0. The normalized spacial score (nSPS) is 29.4. The smallest absolute Gasteiger partial charge is 0.185 e. The van der Waals surface area contributed by atoms with E-state index in [1.54, 1.807) is 0 Å². The largest absolute Gasteiger partial charge is 0.347 e. The van der Waals surface area contributed by atoms with Gasteiger partial charge in [-0.1, -0.05) is 6.92 Å². The molecule has 2 saturated heterocycles. The minimum atomic E-state index is 0.554. The van der Waals surface area contributed by atoms with Gasteiger partial charge < -0.3 is 10.2 Å². The highest BCUT2D eigenvalue weighted by Gasteiger charge is 2.40. The fourth-order valence-electron chi connectivity index (χ4n) is 2.85. The summed E-state index contributed by atoms with van der Waals surface area (Å²) < 4.78 is 0. The van der Waals surface area contributed by atoms with Crippen molar-refractivity contribution in [1.29, 1.82) is 0 Å². The predicted molar refractivity (Wildman–Crippen MR) is 68.2 cm³/mol. The third-order valence-corrected chi connectivity index (χ3v) is 4.89. The Kier molecular flexibility index (Phi) is 2.64. The number of aryl methyl sites for hydroxylation is 1. The lowest BCUT2D eigenvalue weighted by Gasteiger charge is -2.22. The highest BCUT2D eigenvalue weighted by atomic mass is 32.1. The molecular weight excluding hydrogens is 218 g/mol. The monoisotopic (exact) mass is 237 g/mol. The van der Waals surface area contributed by atoms with Crippen molar-refractivity contribution in [3.63, 3.8) is 0 Å². The van der Waals surface area contributed by atoms with Crippen molar-refractivity contribution >= 4 is 16.5 Å². The molecular formula is C12H19N3S. The molecule has 0 radical (unpaired) electrons. The van der Waals surface area contributed by atoms with Crippen LogP contribution in [0, 0.1) is 5.41 Å². The molecule has 16 heavy (non-hydrogen) atoms. The van der Waals surface area contributed by atoms with Gasteiger partial charge in [0.1, 0.15) is 0 Å². The number of rotatable bonds is 2. The van der Waals surface area contributed by atoms with Crippen LogP contribution in [-0.2, 0) is 6.42 Å². The van der Waals surface area contributed by atoms with Crippen LogP contribution in [0.2, 0.25) is 0 Å². The first-order valence-electron chi connectivity index (χ1n) is 6.21. The maximum absolute atomic E-state index is 4.69. The Morgan fingerprint density at radius 2 is 2.50 bits per heavy atom. The quantitative estimate of drug-likeness (QED) is 0.851. The summed E-state index contributed by atoms with van der Waals surface area (Å²) in [5.74, 6) is 0. The number of anilines is 1. The van der Waals surface area contributed by atoms with E-state index >= 15 is 0 Å². The Bertz CT molecular complexity index is 368. The molecule has 2 fully saturated rings. The third-order valence-electron chi connectivity index (χ3n) is 3.94. The third kappa shape index (κ3) is 1.74. The zero-order valence-electron chi connectivity index (χ0n) is 9.83. The van der Waals surface area contributed by atoms with Crippen LogP contribution < -0.4 is 10.2 Å². The lowest BCUT2D eigenvalue weighted by molar-refractivity contribution is 0.369. The van der Waals surface area contributed by atoms with Gasteiger partial charge in [0.05, 0.1) is 5.69 Å². The van der Waals surface area contributed by atoms with Gasteiger partial charge >= 0.3 is 0 Å². The summed E-state index contributed by atoms with van der Waals surface area (Å²) in [5.41, 5.74) is 1.79. The number of hydrogen-bond donors (Lipinski definition) is 1. The van der Waals surface area contributed by atoms with Gasteiger partial charge in [-0.3, -0.25) is 0 Å². The van der Waals surface area contributed by atoms with Crippen molar-refractivity contribution < 1.29 is 0 Å². The van der Waals surface area contributed by atoms with Crippen molar-refractivity contribution in [3.05, 3.63) is 11.1 Å². The van der Waals surface area contributed by atoms with E-state index in [1.807, 2.05) is 11.3 Å². The van der Waals surface area contributed by atoms with Crippen molar-refractivity contribution in [3.8, 4) is 0 Å². The van der Waals surface area contributed by atoms with E-state index in [0.717, 1.165) is 6.42 Å². The summed E-state index contributed by atoms with van der Waals surface area (Å²) in [5, 5.41) is 6.94. The summed E-state index contributed by atoms with van der Waals surface area (Å²) in [4.78, 5) is 7.17. The molecule has 0 saturated carbocycles. The minimum Gasteiger partial charge on any atom is -0.347 e. The Balaban J connectivity index is 1.73. The fourth-order valence-corrected chi connectivity index (χ4v) is 3.78. The number of hydrogen-bond acceptors (Lipinski definition) is 4. The van der Waals surface area contributed by atoms with Crippen LogP contribution in [0.25, 0.3) is 0 Å². The van der Waals surface area contributed by atoms with Crippen LogP contribution in [-0.4, -0.2) is 31.2 Å². The van der Waals surface area contributed by atoms with Gasteiger partial charge in [-0.25, -0.2) is 4.98 Å². The maximum atomic E-state index is 4.69. The molecule has 3 heterocycles. The van der Waals surface area contributed by atoms with Crippen LogP contribution in [0.15, 0.2) is 5.38 Å². The Labute approximate surface area is 101 Å². The summed E-state index contributed by atoms with van der Waals surface area (Å²) in [6.07, 6.45) is 3.73. The molecule has 3 nitrogen and oxygen atoms in total. The second-order valence-corrected chi connectivity index (χ2v) is 5.91. The van der Waals surface area contributed by atoms with Crippen LogP contribution in [0.4, 0.5) is 5.13 Å². The second kappa shape index (κ2) is 4.00. The summed E-state index contributed by atoms with van der Waals surface area (Å²) >= 11 is 1.81. The van der Waals surface area contributed by atoms with E-state index in [4.69, 9.17) is 0 Å². The summed E-state index contributed by atoms with van der Waals surface area (Å²) in [6.45, 7) is 6.97. The Morgan fingerprint density at radius 1 is 1.56 bits per heavy atom. The van der Waals surface area contributed by atoms with Crippen molar-refractivity contribution in [2.45, 2.75) is 26.2 Å². The Hall–Kier alpha value is -0.610. The highest BCUT2D eigenvalue weighted by molar-refractivity contribution is 7.13. The number of aromatic nitrogens is 1. The Morgan fingerprint density at radius 3 is 3.19 bits per heavy atom. The van der Waals surface area contributed by atoms with E-state index in [9.17, 15) is 0 Å². The van der Waals surface area contributed by atoms with Gasteiger partial charge in [-0.2, -0.15) is 0 Å². The molecule has 0 aliphatic carbocycles. The molecule has 4 heteroatoms. The fraction of sp³-hybridized carbons (Fsp3) is 0.750. The van der Waals surface area contributed by atoms with Gasteiger partial charge in [-0.15, -0.1) is 11.3 Å². The van der Waals surface area contributed by atoms with Gasteiger partial charge in [0, 0.05) is 30.4 Å². The van der Waals surface area contributed by atoms with Gasteiger partial charge in [-0.05, 0) is 25.8 Å². The topological polar surface area (TPSA) is 28.2 Å². The molecule has 1 atom stereocenters. The van der Waals surface area contributed by atoms with E-state index in [1.165, 1.54) is 49.8 Å². The standard InChI is InChI=1S/C12H19N3S/c1-2-10-7-16-11(14-10)15-6-4-12(9-15)3-5-13-8-12/h7,13H,2-6,8-9H2,1H3. The molecule has 1 aromatic rings. The summed E-state index contributed by atoms with van der Waals surface area (Å²) in [6, 6.07) is 0. The lowest BCUT2D eigenvalue weighted by atomic mass is 9.87. The molecule has 0 amide bonds. The number of thiazole rings is 1. The number of nitrogens with one attached hydrogen (secondary N) is 1. The average Bonchev–Trinajstić information content (AvgIpc) is 3.01. The first-order chi connectivity index (χ1) is 7.81. The van der Waals surface area contributed by atoms with Crippen molar-refractivity contribution in [2.75, 3.05) is 31.1 Å². The van der Waals surface area contributed by atoms with Crippen LogP contribution in [0.5, 0.6) is 0 Å². The molecule has 88 valence electrons. The molecule has 1 aromatic heterocycles. The SMILES string of the molecule is CCc1csc(N2CCC3(CCNC3)C2)n1. The minimum absolute atomic E-state index is 0.554. The van der Waals surface area contributed by atoms with Gasteiger partial charge in [0.2, 0.25) is 0 Å². The van der Waals surface area contributed by atoms with E-state index in [0.29, 0.717) is 5.41 Å². The van der Waals surface area contributed by atoms with E-state index in [-0.39, 0.29) is 0 Å². The highest BCUT2D eigenvalue weighted by Crippen LogP contribution is 2.38. The molecule has 1 spiro atoms. The first-order valence-corrected chi connectivity index (χ1v) is 7.09. The van der Waals surface area contributed by atoms with E-state index < -0.39 is 0 Å². The molecule has 2 aliphatic rings. The molecule has 1 unspecified atom stereocenters. The zero-order valence-corrected chi connectivity index (χ0v) is 10.6. The average molecular weight is 237 g/mol. The van der Waals surface area contributed by atoms with Crippen LogP contribution in [0.3, 0.4) is 0 Å². The van der Waals surface area contributed by atoms with Crippen molar-refractivity contribution in [1.82, 2.24) is 10.3 Å². The molecule has 2 aliphatic heterocycles. The predicted octanol–water partition coefficient (Wildman–Crippen LogP) is 1.90. The lowest BCUT2D eigenvalue weighted by Crippen LogP contribution is -2.29. The maximum Gasteiger partial charge on any atom is 0.185 e. The summed E-state index contributed by atoms with van der Waals surface area (Å²) in [7, 11) is 0. The molecule has 1 N–H and O–H groups in total. The molecule has 3 rings (SSSR count). The molecule has 0 aromatic carbocycles. The van der Waals surface area contributed by atoms with Crippen LogP contribution >= 0.6 is 11.3 Å². The van der Waals surface area contributed by atoms with Crippen LogP contribution in [0.1, 0.15) is 25.5 Å². The molecule has 0 bridgehead atoms. The van der Waals surface area contributed by atoms with Gasteiger partial charge in [0.15, 0.2) is 5.13 Å². The van der Waals surface area contributed by atoms with Gasteiger partial charge in [0.25, 0.3) is 0 Å². The first kappa shape index (κ1) is 10.5.